The summed E-state index contributed by atoms with van der Waals surface area (Å²) in [5.41, 5.74) is -0.0605. The predicted molar refractivity (Wildman–Crippen MR) is 68.8 cm³/mol. The Morgan fingerprint density at radius 1 is 1.39 bits per heavy atom. The molecule has 0 aromatic heterocycles. The zero-order valence-corrected chi connectivity index (χ0v) is 10.9. The molecular weight excluding hydrogens is 254 g/mol. The van der Waals surface area contributed by atoms with Crippen molar-refractivity contribution in [3.8, 4) is 0 Å². The standard InChI is InChI=1S/C13H14ClNO3/c1-13(2)10(12(17)18)7-11(16)15(13)9-5-3-8(14)4-6-9/h3-6,10H,7H2,1-2H3,(H,17,18). The lowest BCUT2D eigenvalue weighted by Gasteiger charge is -2.34. The van der Waals surface area contributed by atoms with Crippen LogP contribution in [0.15, 0.2) is 24.3 Å². The molecule has 1 amide bonds. The van der Waals surface area contributed by atoms with Gasteiger partial charge in [0.2, 0.25) is 5.91 Å². The molecule has 1 heterocycles. The van der Waals surface area contributed by atoms with Crippen molar-refractivity contribution in [1.82, 2.24) is 0 Å². The molecule has 1 fully saturated rings. The highest BCUT2D eigenvalue weighted by Crippen LogP contribution is 2.39. The van der Waals surface area contributed by atoms with Crippen LogP contribution in [0.5, 0.6) is 0 Å². The molecule has 1 N–H and O–H groups in total. The second kappa shape index (κ2) is 4.28. The molecule has 0 saturated carbocycles. The van der Waals surface area contributed by atoms with Crippen LogP contribution in [0.2, 0.25) is 5.02 Å². The van der Waals surface area contributed by atoms with Gasteiger partial charge in [0.1, 0.15) is 0 Å². The summed E-state index contributed by atoms with van der Waals surface area (Å²) in [6.07, 6.45) is 0.0327. The number of anilines is 1. The molecule has 1 aromatic rings. The number of halogens is 1. The van der Waals surface area contributed by atoms with Gasteiger partial charge in [0.25, 0.3) is 0 Å². The fourth-order valence-electron chi connectivity index (χ4n) is 2.45. The third kappa shape index (κ3) is 1.97. The van der Waals surface area contributed by atoms with E-state index in [1.165, 1.54) is 0 Å². The number of nitrogens with zero attached hydrogens (tertiary/aromatic N) is 1. The third-order valence-electron chi connectivity index (χ3n) is 3.44. The second-order valence-corrected chi connectivity index (χ2v) is 5.39. The highest BCUT2D eigenvalue weighted by atomic mass is 35.5. The topological polar surface area (TPSA) is 57.6 Å². The average Bonchev–Trinajstić information content (AvgIpc) is 2.51. The highest BCUT2D eigenvalue weighted by molar-refractivity contribution is 6.30. The maximum Gasteiger partial charge on any atom is 0.309 e. The van der Waals surface area contributed by atoms with Crippen molar-refractivity contribution >= 4 is 29.2 Å². The van der Waals surface area contributed by atoms with Gasteiger partial charge < -0.3 is 10.0 Å². The van der Waals surface area contributed by atoms with E-state index in [4.69, 9.17) is 11.6 Å². The number of rotatable bonds is 2. The quantitative estimate of drug-likeness (QED) is 0.896. The number of carboxylic acids is 1. The first-order chi connectivity index (χ1) is 8.34. The second-order valence-electron chi connectivity index (χ2n) is 4.95. The Morgan fingerprint density at radius 2 is 1.94 bits per heavy atom. The van der Waals surface area contributed by atoms with Crippen LogP contribution < -0.4 is 4.90 Å². The minimum atomic E-state index is -0.940. The molecule has 5 heteroatoms. The summed E-state index contributed by atoms with van der Waals surface area (Å²) in [6.45, 7) is 3.54. The molecule has 4 nitrogen and oxygen atoms in total. The number of hydrogen-bond donors (Lipinski definition) is 1. The summed E-state index contributed by atoms with van der Waals surface area (Å²) in [6, 6.07) is 6.83. The summed E-state index contributed by atoms with van der Waals surface area (Å²) in [5, 5.41) is 9.76. The SMILES string of the molecule is CC1(C)C(C(=O)O)CC(=O)N1c1ccc(Cl)cc1. The summed E-state index contributed by atoms with van der Waals surface area (Å²) in [4.78, 5) is 24.8. The number of carboxylic acid groups (broad SMARTS) is 1. The lowest BCUT2D eigenvalue weighted by atomic mass is 9.88. The normalized spacial score (nSPS) is 22.3. The van der Waals surface area contributed by atoms with Crippen molar-refractivity contribution in [3.63, 3.8) is 0 Å². The zero-order valence-electron chi connectivity index (χ0n) is 10.2. The monoisotopic (exact) mass is 267 g/mol. The Bertz CT molecular complexity index is 495. The average molecular weight is 268 g/mol. The van der Waals surface area contributed by atoms with Gasteiger partial charge >= 0.3 is 5.97 Å². The van der Waals surface area contributed by atoms with Crippen molar-refractivity contribution in [1.29, 1.82) is 0 Å². The molecule has 0 spiro atoms. The Labute approximate surface area is 110 Å². The predicted octanol–water partition coefficient (Wildman–Crippen LogP) is 2.56. The fraction of sp³-hybridized carbons (Fsp3) is 0.385. The third-order valence-corrected chi connectivity index (χ3v) is 3.69. The molecule has 1 saturated heterocycles. The first-order valence-electron chi connectivity index (χ1n) is 5.65. The molecule has 1 aliphatic heterocycles. The van der Waals surface area contributed by atoms with E-state index < -0.39 is 17.4 Å². The molecule has 0 bridgehead atoms. The molecule has 0 aliphatic carbocycles. The van der Waals surface area contributed by atoms with Crippen molar-refractivity contribution in [3.05, 3.63) is 29.3 Å². The van der Waals surface area contributed by atoms with E-state index in [-0.39, 0.29) is 12.3 Å². The van der Waals surface area contributed by atoms with Crippen LogP contribution in [-0.2, 0) is 9.59 Å². The molecule has 0 radical (unpaired) electrons. The van der Waals surface area contributed by atoms with Gasteiger partial charge in [-0.05, 0) is 38.1 Å². The van der Waals surface area contributed by atoms with E-state index in [1.54, 1.807) is 43.0 Å². The minimum Gasteiger partial charge on any atom is -0.481 e. The van der Waals surface area contributed by atoms with Crippen LogP contribution in [-0.4, -0.2) is 22.5 Å². The molecule has 1 aliphatic rings. The zero-order chi connectivity index (χ0) is 13.5. The Balaban J connectivity index is 2.41. The van der Waals surface area contributed by atoms with Crippen LogP contribution in [0.1, 0.15) is 20.3 Å². The van der Waals surface area contributed by atoms with Gasteiger partial charge in [-0.15, -0.1) is 0 Å². The van der Waals surface area contributed by atoms with E-state index in [0.717, 1.165) is 0 Å². The Hall–Kier alpha value is -1.55. The largest absolute Gasteiger partial charge is 0.481 e. The number of carbonyl (C=O) groups is 2. The maximum absolute atomic E-state index is 12.0. The van der Waals surface area contributed by atoms with Gasteiger partial charge in [0.05, 0.1) is 11.5 Å². The molecular formula is C13H14ClNO3. The van der Waals surface area contributed by atoms with Crippen molar-refractivity contribution < 1.29 is 14.7 Å². The summed E-state index contributed by atoms with van der Waals surface area (Å²) >= 11 is 5.81. The molecule has 18 heavy (non-hydrogen) atoms. The van der Waals surface area contributed by atoms with Crippen LogP contribution in [0, 0.1) is 5.92 Å². The minimum absolute atomic E-state index is 0.0327. The van der Waals surface area contributed by atoms with Gasteiger partial charge in [-0.2, -0.15) is 0 Å². The lowest BCUT2D eigenvalue weighted by molar-refractivity contribution is -0.143. The molecule has 1 atom stereocenters. The molecule has 1 unspecified atom stereocenters. The highest BCUT2D eigenvalue weighted by Gasteiger charge is 2.50. The van der Waals surface area contributed by atoms with E-state index in [2.05, 4.69) is 0 Å². The summed E-state index contributed by atoms with van der Waals surface area (Å²) < 4.78 is 0. The van der Waals surface area contributed by atoms with Crippen molar-refractivity contribution in [2.45, 2.75) is 25.8 Å². The Morgan fingerprint density at radius 3 is 2.39 bits per heavy atom. The summed E-state index contributed by atoms with van der Waals surface area (Å²) in [7, 11) is 0. The van der Waals surface area contributed by atoms with E-state index in [9.17, 15) is 14.7 Å². The number of benzene rings is 1. The Kier molecular flexibility index (Phi) is 3.07. The van der Waals surface area contributed by atoms with Gasteiger partial charge in [0.15, 0.2) is 0 Å². The van der Waals surface area contributed by atoms with Crippen LogP contribution in [0.4, 0.5) is 5.69 Å². The van der Waals surface area contributed by atoms with Crippen molar-refractivity contribution in [2.24, 2.45) is 5.92 Å². The van der Waals surface area contributed by atoms with Gasteiger partial charge in [0, 0.05) is 17.1 Å². The molecule has 1 aromatic carbocycles. The van der Waals surface area contributed by atoms with Gasteiger partial charge in [-0.25, -0.2) is 0 Å². The van der Waals surface area contributed by atoms with Crippen molar-refractivity contribution in [2.75, 3.05) is 4.90 Å². The van der Waals surface area contributed by atoms with E-state index >= 15 is 0 Å². The fourth-order valence-corrected chi connectivity index (χ4v) is 2.58. The molecule has 96 valence electrons. The summed E-state index contributed by atoms with van der Waals surface area (Å²) in [5.74, 6) is -1.81. The van der Waals surface area contributed by atoms with E-state index in [1.807, 2.05) is 0 Å². The number of hydrogen-bond acceptors (Lipinski definition) is 2. The first-order valence-corrected chi connectivity index (χ1v) is 6.03. The van der Waals surface area contributed by atoms with Crippen LogP contribution in [0.25, 0.3) is 0 Å². The maximum atomic E-state index is 12.0. The van der Waals surface area contributed by atoms with Crippen LogP contribution >= 0.6 is 11.6 Å². The van der Waals surface area contributed by atoms with Gasteiger partial charge in [-0.3, -0.25) is 9.59 Å². The smallest absolute Gasteiger partial charge is 0.309 e. The number of aliphatic carboxylic acids is 1. The molecule has 2 rings (SSSR count). The van der Waals surface area contributed by atoms with Crippen LogP contribution in [0.3, 0.4) is 0 Å². The lowest BCUT2D eigenvalue weighted by Crippen LogP contribution is -2.46. The number of amides is 1. The van der Waals surface area contributed by atoms with Gasteiger partial charge in [-0.1, -0.05) is 11.6 Å². The first kappa shape index (κ1) is 12.9. The number of carbonyl (C=O) groups excluding carboxylic acids is 1. The van der Waals surface area contributed by atoms with E-state index in [0.29, 0.717) is 10.7 Å².